The van der Waals surface area contributed by atoms with Crippen molar-refractivity contribution in [1.82, 2.24) is 10.3 Å². The first kappa shape index (κ1) is 16.0. The smallest absolute Gasteiger partial charge is 0.129 e. The molecular formula is C17H27N3O. The Morgan fingerprint density at radius 1 is 1.48 bits per heavy atom. The third kappa shape index (κ3) is 5.14. The number of rotatable bonds is 10. The zero-order valence-electron chi connectivity index (χ0n) is 13.3. The predicted octanol–water partition coefficient (Wildman–Crippen LogP) is 2.53. The van der Waals surface area contributed by atoms with Crippen molar-refractivity contribution in [1.29, 1.82) is 0 Å². The Balaban J connectivity index is 2.12. The summed E-state index contributed by atoms with van der Waals surface area (Å²) >= 11 is 0. The fourth-order valence-corrected chi connectivity index (χ4v) is 2.28. The highest BCUT2D eigenvalue weighted by Crippen LogP contribution is 2.21. The fourth-order valence-electron chi connectivity index (χ4n) is 2.28. The zero-order valence-corrected chi connectivity index (χ0v) is 13.3. The van der Waals surface area contributed by atoms with Crippen LogP contribution in [0.1, 0.15) is 31.0 Å². The number of ether oxygens (including phenoxy) is 1. The molecule has 0 saturated heterocycles. The van der Waals surface area contributed by atoms with Gasteiger partial charge in [0.25, 0.3) is 0 Å². The summed E-state index contributed by atoms with van der Waals surface area (Å²) in [4.78, 5) is 6.98. The van der Waals surface area contributed by atoms with Crippen molar-refractivity contribution in [3.8, 4) is 0 Å². The van der Waals surface area contributed by atoms with Gasteiger partial charge in [-0.3, -0.25) is 0 Å². The highest BCUT2D eigenvalue weighted by molar-refractivity contribution is 5.43. The Morgan fingerprint density at radius 3 is 2.90 bits per heavy atom. The predicted molar refractivity (Wildman–Crippen MR) is 87.8 cm³/mol. The highest BCUT2D eigenvalue weighted by atomic mass is 16.5. The molecule has 0 bridgehead atoms. The van der Waals surface area contributed by atoms with Crippen LogP contribution < -0.4 is 10.2 Å². The lowest BCUT2D eigenvalue weighted by Crippen LogP contribution is -2.28. The molecule has 0 aromatic carbocycles. The second-order valence-electron chi connectivity index (χ2n) is 5.56. The van der Waals surface area contributed by atoms with Gasteiger partial charge >= 0.3 is 0 Å². The number of methoxy groups -OCH3 is 1. The van der Waals surface area contributed by atoms with E-state index in [-0.39, 0.29) is 0 Å². The van der Waals surface area contributed by atoms with Gasteiger partial charge in [-0.25, -0.2) is 4.98 Å². The molecule has 1 aromatic heterocycles. The number of anilines is 1. The molecule has 4 heteroatoms. The van der Waals surface area contributed by atoms with E-state index in [9.17, 15) is 0 Å². The molecule has 0 aliphatic heterocycles. The van der Waals surface area contributed by atoms with Crippen molar-refractivity contribution in [2.45, 2.75) is 38.8 Å². The molecule has 0 radical (unpaired) electrons. The average Bonchev–Trinajstić information content (AvgIpc) is 3.33. The van der Waals surface area contributed by atoms with Crippen molar-refractivity contribution in [2.24, 2.45) is 0 Å². The van der Waals surface area contributed by atoms with Gasteiger partial charge in [0.2, 0.25) is 0 Å². The molecule has 0 spiro atoms. The summed E-state index contributed by atoms with van der Waals surface area (Å²) in [5.74, 6) is 1.03. The van der Waals surface area contributed by atoms with Gasteiger partial charge in [0, 0.05) is 38.5 Å². The number of aryl methyl sites for hydroxylation is 1. The number of pyridine rings is 1. The molecule has 1 aliphatic carbocycles. The highest BCUT2D eigenvalue weighted by Gasteiger charge is 2.20. The van der Waals surface area contributed by atoms with E-state index in [1.54, 1.807) is 7.11 Å². The third-order valence-corrected chi connectivity index (χ3v) is 3.70. The minimum atomic E-state index is 0.696. The first-order chi connectivity index (χ1) is 10.3. The van der Waals surface area contributed by atoms with Gasteiger partial charge in [-0.05, 0) is 37.0 Å². The summed E-state index contributed by atoms with van der Waals surface area (Å²) in [7, 11) is 1.73. The van der Waals surface area contributed by atoms with Crippen LogP contribution in [0, 0.1) is 0 Å². The summed E-state index contributed by atoms with van der Waals surface area (Å²) < 4.78 is 5.20. The molecule has 1 heterocycles. The zero-order chi connectivity index (χ0) is 15.1. The molecule has 0 amide bonds. The topological polar surface area (TPSA) is 37.4 Å². The Kier molecular flexibility index (Phi) is 6.21. The van der Waals surface area contributed by atoms with Gasteiger partial charge in [0.1, 0.15) is 5.82 Å². The van der Waals surface area contributed by atoms with Crippen LogP contribution in [0.2, 0.25) is 0 Å². The lowest BCUT2D eigenvalue weighted by Gasteiger charge is -2.23. The molecule has 4 nitrogen and oxygen atoms in total. The van der Waals surface area contributed by atoms with Crippen LogP contribution in [0.15, 0.2) is 24.8 Å². The van der Waals surface area contributed by atoms with Crippen LogP contribution in [0.4, 0.5) is 5.82 Å². The molecular weight excluding hydrogens is 262 g/mol. The van der Waals surface area contributed by atoms with Crippen molar-refractivity contribution in [3.63, 3.8) is 0 Å². The Bertz CT molecular complexity index is 457. The number of nitrogens with zero attached hydrogens (tertiary/aromatic N) is 2. The van der Waals surface area contributed by atoms with Crippen LogP contribution in [0.25, 0.3) is 0 Å². The molecule has 116 valence electrons. The van der Waals surface area contributed by atoms with Gasteiger partial charge in [-0.1, -0.05) is 13.0 Å². The van der Waals surface area contributed by atoms with Crippen molar-refractivity contribution in [2.75, 3.05) is 31.7 Å². The van der Waals surface area contributed by atoms with Crippen LogP contribution in [0.3, 0.4) is 0 Å². The minimum Gasteiger partial charge on any atom is -0.383 e. The Labute approximate surface area is 128 Å². The maximum atomic E-state index is 5.20. The maximum Gasteiger partial charge on any atom is 0.129 e. The first-order valence-electron chi connectivity index (χ1n) is 7.84. The van der Waals surface area contributed by atoms with Crippen molar-refractivity contribution in [3.05, 3.63) is 36.0 Å². The molecule has 1 fully saturated rings. The fraction of sp³-hybridized carbons (Fsp3) is 0.588. The lowest BCUT2D eigenvalue weighted by atomic mass is 10.2. The Morgan fingerprint density at radius 2 is 2.29 bits per heavy atom. The quantitative estimate of drug-likeness (QED) is 0.672. The van der Waals surface area contributed by atoms with Gasteiger partial charge in [-0.15, -0.1) is 6.58 Å². The molecule has 1 aliphatic rings. The molecule has 1 aromatic rings. The number of nitrogens with one attached hydrogen (secondary N) is 1. The van der Waals surface area contributed by atoms with E-state index < -0.39 is 0 Å². The van der Waals surface area contributed by atoms with Gasteiger partial charge in [0.15, 0.2) is 0 Å². The molecule has 1 saturated carbocycles. The van der Waals surface area contributed by atoms with E-state index >= 15 is 0 Å². The lowest BCUT2D eigenvalue weighted by molar-refractivity contribution is 0.205. The molecule has 21 heavy (non-hydrogen) atoms. The summed E-state index contributed by atoms with van der Waals surface area (Å²) in [6, 6.07) is 5.12. The Hall–Kier alpha value is -1.39. The standard InChI is InChI=1S/C17H27N3O/c1-4-8-20(9-10-21-3)17-12-14(11-15(5-2)19-17)13-18-16-6-7-16/h4,11-12,16,18H,1,5-10,13H2,2-3H3. The van der Waals surface area contributed by atoms with E-state index in [1.807, 2.05) is 6.08 Å². The minimum absolute atomic E-state index is 0.696. The molecule has 0 unspecified atom stereocenters. The number of aromatic nitrogens is 1. The molecule has 0 atom stereocenters. The normalized spacial score (nSPS) is 14.2. The maximum absolute atomic E-state index is 5.20. The van der Waals surface area contributed by atoms with Crippen LogP contribution in [-0.4, -0.2) is 37.8 Å². The van der Waals surface area contributed by atoms with E-state index in [1.165, 1.54) is 18.4 Å². The van der Waals surface area contributed by atoms with Crippen LogP contribution in [0.5, 0.6) is 0 Å². The summed E-state index contributed by atoms with van der Waals surface area (Å²) in [5, 5.41) is 3.57. The SMILES string of the molecule is C=CCN(CCOC)c1cc(CNC2CC2)cc(CC)n1. The van der Waals surface area contributed by atoms with E-state index in [0.717, 1.165) is 43.6 Å². The first-order valence-corrected chi connectivity index (χ1v) is 7.84. The van der Waals surface area contributed by atoms with Gasteiger partial charge < -0.3 is 15.0 Å². The summed E-state index contributed by atoms with van der Waals surface area (Å²) in [6.45, 7) is 9.24. The van der Waals surface area contributed by atoms with E-state index in [0.29, 0.717) is 6.61 Å². The number of hydrogen-bond acceptors (Lipinski definition) is 4. The van der Waals surface area contributed by atoms with Gasteiger partial charge in [0.05, 0.1) is 6.61 Å². The monoisotopic (exact) mass is 289 g/mol. The molecule has 2 rings (SSSR count). The largest absolute Gasteiger partial charge is 0.383 e. The van der Waals surface area contributed by atoms with E-state index in [2.05, 4.69) is 35.9 Å². The van der Waals surface area contributed by atoms with Gasteiger partial charge in [-0.2, -0.15) is 0 Å². The molecule has 1 N–H and O–H groups in total. The summed E-state index contributed by atoms with van der Waals surface area (Å²) in [5.41, 5.74) is 2.46. The van der Waals surface area contributed by atoms with E-state index in [4.69, 9.17) is 9.72 Å². The third-order valence-electron chi connectivity index (χ3n) is 3.70. The second-order valence-corrected chi connectivity index (χ2v) is 5.56. The average molecular weight is 289 g/mol. The van der Waals surface area contributed by atoms with Crippen LogP contribution >= 0.6 is 0 Å². The summed E-state index contributed by atoms with van der Waals surface area (Å²) in [6.07, 6.45) is 5.50. The van der Waals surface area contributed by atoms with Crippen molar-refractivity contribution < 1.29 is 4.74 Å². The number of hydrogen-bond donors (Lipinski definition) is 1. The second kappa shape index (κ2) is 8.15. The van der Waals surface area contributed by atoms with Crippen molar-refractivity contribution >= 4 is 5.82 Å². The van der Waals surface area contributed by atoms with Crippen LogP contribution in [-0.2, 0) is 17.7 Å².